The third-order valence-corrected chi connectivity index (χ3v) is 10.9. The van der Waals surface area contributed by atoms with Gasteiger partial charge in [-0.15, -0.1) is 0 Å². The van der Waals surface area contributed by atoms with Gasteiger partial charge >= 0.3 is 0 Å². The van der Waals surface area contributed by atoms with E-state index in [1.165, 1.54) is 6.42 Å². The Hall–Kier alpha value is -2.21. The van der Waals surface area contributed by atoms with Gasteiger partial charge < -0.3 is 50.2 Å². The first-order valence-electron chi connectivity index (χ1n) is 18.5. The maximum atomic E-state index is 14.1. The molecule has 2 saturated carbocycles. The fourth-order valence-electron chi connectivity index (χ4n) is 8.18. The van der Waals surface area contributed by atoms with Crippen molar-refractivity contribution in [2.45, 2.75) is 149 Å². The summed E-state index contributed by atoms with van der Waals surface area (Å²) in [6, 6.07) is 15.7. The second-order valence-corrected chi connectivity index (χ2v) is 14.3. The molecule has 15 heteroatoms. The van der Waals surface area contributed by atoms with Crippen LogP contribution in [0.3, 0.4) is 0 Å². The molecule has 0 unspecified atom stereocenters. The van der Waals surface area contributed by atoms with Gasteiger partial charge in [0.25, 0.3) is 0 Å². The molecule has 12 nitrogen and oxygen atoms in total. The van der Waals surface area contributed by atoms with Gasteiger partial charge in [0.1, 0.15) is 35.9 Å². The Bertz CT molecular complexity index is 1430. The fraction of sp³-hybridized carbons (Fsp3) is 0.659. The maximum Gasteiger partial charge on any atom is 0.222 e. The normalized spacial score (nSPS) is 24.0. The van der Waals surface area contributed by atoms with E-state index in [9.17, 15) is 25.2 Å². The number of aliphatic hydroxyl groups is 4. The number of ether oxygens (including phenoxy) is 3. The number of nitrogens with zero attached hydrogens (tertiary/aromatic N) is 3. The summed E-state index contributed by atoms with van der Waals surface area (Å²) < 4.78 is 17.5. The van der Waals surface area contributed by atoms with E-state index in [0.29, 0.717) is 37.8 Å². The molecule has 322 valence electrons. The molecule has 2 aliphatic carbocycles. The van der Waals surface area contributed by atoms with Crippen LogP contribution in [0.4, 0.5) is 5.69 Å². The Morgan fingerprint density at radius 2 is 1.52 bits per heavy atom. The third kappa shape index (κ3) is 13.4. The Morgan fingerprint density at radius 3 is 2.16 bits per heavy atom. The average Bonchev–Trinajstić information content (AvgIpc) is 3.14. The molecule has 6 rings (SSSR count). The second kappa shape index (κ2) is 26.0. The Kier molecular flexibility index (Phi) is 25.0. The number of fused-ring (bicyclic) bond motifs is 1. The molecular weight excluding hydrogens is 773 g/mol. The number of amides is 1. The summed E-state index contributed by atoms with van der Waals surface area (Å²) in [4.78, 5) is 23.1. The zero-order valence-electron chi connectivity index (χ0n) is 30.4. The van der Waals surface area contributed by atoms with Crippen molar-refractivity contribution in [2.75, 3.05) is 19.8 Å². The molecule has 1 saturated heterocycles. The molecule has 2 heterocycles. The summed E-state index contributed by atoms with van der Waals surface area (Å²) in [7, 11) is 0. The molecule has 3 fully saturated rings. The van der Waals surface area contributed by atoms with E-state index in [4.69, 9.17) is 24.9 Å². The number of hydrogen-bond donors (Lipinski definition) is 5. The van der Waals surface area contributed by atoms with Crippen LogP contribution >= 0.6 is 40.5 Å². The van der Waals surface area contributed by atoms with Gasteiger partial charge in [-0.25, -0.2) is 4.99 Å². The lowest BCUT2D eigenvalue weighted by Crippen LogP contribution is -2.59. The van der Waals surface area contributed by atoms with Crippen LogP contribution < -0.4 is 10.5 Å². The first kappa shape index (κ1) is 53.8. The van der Waals surface area contributed by atoms with Crippen LogP contribution in [0.2, 0.25) is 0 Å². The lowest BCUT2D eigenvalue weighted by Gasteiger charge is -2.42. The van der Waals surface area contributed by atoms with Crippen LogP contribution in [0.15, 0.2) is 53.5 Å². The van der Waals surface area contributed by atoms with Gasteiger partial charge in [-0.3, -0.25) is 4.79 Å². The molecule has 2 aliphatic heterocycles. The highest BCUT2D eigenvalue weighted by atomic mass is 32.1. The Labute approximate surface area is 356 Å². The smallest absolute Gasteiger partial charge is 0.222 e. The molecule has 4 aliphatic rings. The van der Waals surface area contributed by atoms with Gasteiger partial charge in [0.05, 0.1) is 18.9 Å². The molecule has 1 amide bonds. The molecule has 6 N–H and O–H groups in total. The van der Waals surface area contributed by atoms with Gasteiger partial charge in [-0.1, -0.05) is 79.0 Å². The quantitative estimate of drug-likeness (QED) is 0.157. The summed E-state index contributed by atoms with van der Waals surface area (Å²) in [6.45, 7) is 0.440. The Morgan fingerprint density at radius 1 is 0.875 bits per heavy atom. The number of carbonyl (C=O) groups excluding carboxylic acids is 1. The van der Waals surface area contributed by atoms with Gasteiger partial charge in [-0.05, 0) is 68.4 Å². The first-order valence-corrected chi connectivity index (χ1v) is 18.5. The van der Waals surface area contributed by atoms with Crippen molar-refractivity contribution in [3.8, 4) is 11.5 Å². The largest absolute Gasteiger partial charge is 0.457 e. The van der Waals surface area contributed by atoms with E-state index in [-0.39, 0.29) is 87.4 Å². The van der Waals surface area contributed by atoms with Crippen molar-refractivity contribution in [1.29, 1.82) is 0 Å². The molecule has 0 spiro atoms. The minimum atomic E-state index is -1.51. The minimum absolute atomic E-state index is 0. The van der Waals surface area contributed by atoms with E-state index >= 15 is 0 Å². The zero-order valence-corrected chi connectivity index (χ0v) is 33.4. The number of aliphatic imine (C=N–C) groups is 1. The standard InChI is InChI=1S/C38H54N4O8.3CH4.3H2S/c39-38-40-30-17-16-29(49-28-14-8-3-9-15-28)22-26(30)23-42(38)31(25-10-4-1-5-11-25)18-19-33(44)41(27-12-6-2-7-13-27)20-21-48-37-36(47)35(46)34(45)32(24-43)50-37;;;;;;/h3,8-9,14-17,22,25,27,31-32,34-37,43,45-47H,1-2,4-7,10-13,18-21,23-24H2,(H2,39,40);3*1H4;3*1H2/t31-,32+,34+,35-,36+,37+;;;;;;/m0....../s1. The molecule has 2 aromatic carbocycles. The highest BCUT2D eigenvalue weighted by Crippen LogP contribution is 2.37. The van der Waals surface area contributed by atoms with Crippen molar-refractivity contribution in [3.05, 3.63) is 54.1 Å². The summed E-state index contributed by atoms with van der Waals surface area (Å²) in [5.41, 5.74) is 8.55. The zero-order chi connectivity index (χ0) is 35.0. The number of nitrogens with two attached hydrogens (primary N) is 1. The number of aliphatic hydroxyl groups excluding tert-OH is 4. The number of rotatable bonds is 13. The number of para-hydroxylation sites is 1. The molecule has 2 aromatic rings. The summed E-state index contributed by atoms with van der Waals surface area (Å²) in [6.07, 6.45) is 5.11. The average molecular weight is 845 g/mol. The summed E-state index contributed by atoms with van der Waals surface area (Å²) in [5.74, 6) is 2.44. The van der Waals surface area contributed by atoms with Crippen LogP contribution in [0.1, 0.15) is 105 Å². The van der Waals surface area contributed by atoms with E-state index < -0.39 is 37.3 Å². The van der Waals surface area contributed by atoms with E-state index in [0.717, 1.165) is 80.5 Å². The highest BCUT2D eigenvalue weighted by Gasteiger charge is 2.44. The van der Waals surface area contributed by atoms with Crippen molar-refractivity contribution >= 4 is 58.0 Å². The highest BCUT2D eigenvalue weighted by molar-refractivity contribution is 7.59. The number of carbonyl (C=O) groups is 1. The molecule has 0 aromatic heterocycles. The van der Waals surface area contributed by atoms with Crippen molar-refractivity contribution in [2.24, 2.45) is 16.6 Å². The molecule has 0 bridgehead atoms. The van der Waals surface area contributed by atoms with E-state index in [1.807, 2.05) is 53.4 Å². The maximum absolute atomic E-state index is 14.1. The van der Waals surface area contributed by atoms with E-state index in [1.54, 1.807) is 0 Å². The number of benzene rings is 2. The SMILES string of the molecule is C.C.C.NC1=Nc2ccc(Oc3ccccc3)cc2CN1[C@@H](CCC(=O)N(CCO[C@@H]1O[C@H](CO)[C@@H](O)[C@H](O)[C@H]1O)C1CCCCC1)C1CCCCC1.S.S.S. The van der Waals surface area contributed by atoms with Crippen LogP contribution in [0, 0.1) is 5.92 Å². The van der Waals surface area contributed by atoms with E-state index in [2.05, 4.69) is 4.90 Å². The molecule has 0 radical (unpaired) electrons. The lowest BCUT2D eigenvalue weighted by atomic mass is 9.81. The number of hydrogen-bond acceptors (Lipinski definition) is 11. The predicted molar refractivity (Wildman–Crippen MR) is 239 cm³/mol. The van der Waals surface area contributed by atoms with Gasteiger partial charge in [-0.2, -0.15) is 40.5 Å². The van der Waals surface area contributed by atoms with Crippen LogP contribution in [-0.4, -0.2) is 105 Å². The Balaban J connectivity index is 0.00000504. The van der Waals surface area contributed by atoms with Crippen molar-refractivity contribution in [1.82, 2.24) is 9.80 Å². The van der Waals surface area contributed by atoms with Crippen LogP contribution in [-0.2, 0) is 20.8 Å². The van der Waals surface area contributed by atoms with Crippen molar-refractivity contribution < 1.29 is 39.4 Å². The van der Waals surface area contributed by atoms with Crippen LogP contribution in [0.5, 0.6) is 11.5 Å². The topological polar surface area (TPSA) is 171 Å². The summed E-state index contributed by atoms with van der Waals surface area (Å²) in [5, 5.41) is 40.3. The monoisotopic (exact) mass is 844 g/mol. The van der Waals surface area contributed by atoms with Crippen LogP contribution in [0.25, 0.3) is 0 Å². The van der Waals surface area contributed by atoms with Gasteiger partial charge in [0.2, 0.25) is 5.91 Å². The predicted octanol–water partition coefficient (Wildman–Crippen LogP) is 6.19. The molecular formula is C41H72N4O8S3. The van der Waals surface area contributed by atoms with Gasteiger partial charge in [0, 0.05) is 37.2 Å². The molecule has 56 heavy (non-hydrogen) atoms. The second-order valence-electron chi connectivity index (χ2n) is 14.3. The first-order chi connectivity index (χ1) is 24.3. The molecule has 6 atom stereocenters. The van der Waals surface area contributed by atoms with Crippen molar-refractivity contribution in [3.63, 3.8) is 0 Å². The number of guanidine groups is 1. The summed E-state index contributed by atoms with van der Waals surface area (Å²) >= 11 is 0. The van der Waals surface area contributed by atoms with Gasteiger partial charge in [0.15, 0.2) is 12.2 Å². The minimum Gasteiger partial charge on any atom is -0.457 e. The fourth-order valence-corrected chi connectivity index (χ4v) is 8.18. The third-order valence-electron chi connectivity index (χ3n) is 10.9. The lowest BCUT2D eigenvalue weighted by molar-refractivity contribution is -0.301.